The number of nitrogens with one attached hydrogen (secondary N) is 2. The molecule has 0 aliphatic rings. The molecule has 0 saturated carbocycles. The van der Waals surface area contributed by atoms with Crippen molar-refractivity contribution in [3.8, 4) is 6.07 Å². The quantitative estimate of drug-likeness (QED) is 0.624. The molecule has 0 fully saturated rings. The summed E-state index contributed by atoms with van der Waals surface area (Å²) in [7, 11) is 0. The Morgan fingerprint density at radius 3 is 2.24 bits per heavy atom. The number of amides is 2. The van der Waals surface area contributed by atoms with Gasteiger partial charge < -0.3 is 15.7 Å². The Hall–Kier alpha value is -3.73. The highest BCUT2D eigenvalue weighted by atomic mass is 19.1. The van der Waals surface area contributed by atoms with Crippen LogP contribution < -0.4 is 10.6 Å². The minimum absolute atomic E-state index is 0.000458. The van der Waals surface area contributed by atoms with Crippen molar-refractivity contribution in [2.24, 2.45) is 0 Å². The summed E-state index contributed by atoms with van der Waals surface area (Å²) in [6.45, 7) is 1.23. The van der Waals surface area contributed by atoms with Crippen molar-refractivity contribution < 1.29 is 23.9 Å². The van der Waals surface area contributed by atoms with Crippen LogP contribution in [-0.4, -0.2) is 35.0 Å². The molecule has 7 nitrogen and oxygen atoms in total. The van der Waals surface area contributed by atoms with E-state index < -0.39 is 35.7 Å². The average Bonchev–Trinajstić information content (AvgIpc) is 2.67. The maximum atomic E-state index is 13.4. The lowest BCUT2D eigenvalue weighted by atomic mass is 10.0. The summed E-state index contributed by atoms with van der Waals surface area (Å²) in [4.78, 5) is 35.7. The molecule has 2 atom stereocenters. The molecule has 0 spiro atoms. The smallest absolute Gasteiger partial charge is 0.326 e. The monoisotopic (exact) mass is 397 g/mol. The number of halogens is 1. The number of hydrogen-bond donors (Lipinski definition) is 3. The predicted octanol–water partition coefficient (Wildman–Crippen LogP) is 1.56. The third-order valence-electron chi connectivity index (χ3n) is 4.16. The zero-order valence-electron chi connectivity index (χ0n) is 15.7. The van der Waals surface area contributed by atoms with Crippen LogP contribution in [-0.2, 0) is 27.2 Å². The molecule has 0 aromatic heterocycles. The van der Waals surface area contributed by atoms with Gasteiger partial charge in [0.2, 0.25) is 11.8 Å². The standard InChI is InChI=1S/C21H20FN3O4/c1-13(26)24-18(11-16-3-2-4-17(22)9-16)20(27)25-19(21(28)29)10-14-5-7-15(12-23)8-6-14/h2-9,18-19H,10-11H2,1H3,(H,24,26)(H,25,27)(H,28,29)/t18-,19-/m1/s1. The summed E-state index contributed by atoms with van der Waals surface area (Å²) >= 11 is 0. The first-order valence-corrected chi connectivity index (χ1v) is 8.82. The molecule has 2 aromatic rings. The van der Waals surface area contributed by atoms with Crippen LogP contribution in [0.1, 0.15) is 23.6 Å². The molecule has 0 heterocycles. The van der Waals surface area contributed by atoms with E-state index in [-0.39, 0.29) is 12.8 Å². The molecule has 8 heteroatoms. The van der Waals surface area contributed by atoms with E-state index in [2.05, 4.69) is 10.6 Å². The number of carboxylic acids is 1. The van der Waals surface area contributed by atoms with Crippen molar-refractivity contribution in [2.45, 2.75) is 31.8 Å². The van der Waals surface area contributed by atoms with Gasteiger partial charge in [0.25, 0.3) is 0 Å². The van der Waals surface area contributed by atoms with Crippen LogP contribution in [0.2, 0.25) is 0 Å². The summed E-state index contributed by atoms with van der Waals surface area (Å²) < 4.78 is 13.4. The molecule has 0 aliphatic carbocycles. The Balaban J connectivity index is 2.13. The number of aliphatic carboxylic acids is 1. The third-order valence-corrected chi connectivity index (χ3v) is 4.16. The number of nitrogens with zero attached hydrogens (tertiary/aromatic N) is 1. The zero-order chi connectivity index (χ0) is 21.4. The van der Waals surface area contributed by atoms with Crippen LogP contribution in [0.15, 0.2) is 48.5 Å². The van der Waals surface area contributed by atoms with E-state index in [0.717, 1.165) is 0 Å². The lowest BCUT2D eigenvalue weighted by Gasteiger charge is -2.21. The van der Waals surface area contributed by atoms with E-state index >= 15 is 0 Å². The molecule has 0 radical (unpaired) electrons. The first-order chi connectivity index (χ1) is 13.8. The van der Waals surface area contributed by atoms with Crippen molar-refractivity contribution in [1.82, 2.24) is 10.6 Å². The van der Waals surface area contributed by atoms with Gasteiger partial charge in [-0.15, -0.1) is 0 Å². The summed E-state index contributed by atoms with van der Waals surface area (Å²) in [5.74, 6) is -2.88. The van der Waals surface area contributed by atoms with Crippen molar-refractivity contribution in [3.63, 3.8) is 0 Å². The van der Waals surface area contributed by atoms with E-state index in [4.69, 9.17) is 5.26 Å². The van der Waals surface area contributed by atoms with Gasteiger partial charge in [0.05, 0.1) is 11.6 Å². The molecule has 2 aromatic carbocycles. The number of carbonyl (C=O) groups is 3. The maximum Gasteiger partial charge on any atom is 0.326 e. The molecule has 2 rings (SSSR count). The molecule has 0 unspecified atom stereocenters. The van der Waals surface area contributed by atoms with Gasteiger partial charge in [0.1, 0.15) is 17.9 Å². The van der Waals surface area contributed by atoms with Gasteiger partial charge in [-0.05, 0) is 35.4 Å². The molecular formula is C21H20FN3O4. The fraction of sp³-hybridized carbons (Fsp3) is 0.238. The van der Waals surface area contributed by atoms with Crippen molar-refractivity contribution in [1.29, 1.82) is 5.26 Å². The molecular weight excluding hydrogens is 377 g/mol. The van der Waals surface area contributed by atoms with Gasteiger partial charge in [-0.1, -0.05) is 24.3 Å². The van der Waals surface area contributed by atoms with E-state index in [1.54, 1.807) is 30.3 Å². The van der Waals surface area contributed by atoms with Crippen molar-refractivity contribution in [2.75, 3.05) is 0 Å². The van der Waals surface area contributed by atoms with Crippen LogP contribution in [0.25, 0.3) is 0 Å². The minimum atomic E-state index is -1.24. The van der Waals surface area contributed by atoms with E-state index in [1.807, 2.05) is 6.07 Å². The van der Waals surface area contributed by atoms with Crippen LogP contribution in [0, 0.1) is 17.1 Å². The second-order valence-corrected chi connectivity index (χ2v) is 6.50. The highest BCUT2D eigenvalue weighted by Gasteiger charge is 2.26. The number of rotatable bonds is 8. The maximum absolute atomic E-state index is 13.4. The zero-order valence-corrected chi connectivity index (χ0v) is 15.7. The van der Waals surface area contributed by atoms with Gasteiger partial charge >= 0.3 is 5.97 Å². The second-order valence-electron chi connectivity index (χ2n) is 6.50. The number of carboxylic acid groups (broad SMARTS) is 1. The molecule has 0 bridgehead atoms. The van der Waals surface area contributed by atoms with E-state index in [0.29, 0.717) is 16.7 Å². The number of carbonyl (C=O) groups excluding carboxylic acids is 2. The summed E-state index contributed by atoms with van der Waals surface area (Å²) in [5, 5.41) is 23.2. The largest absolute Gasteiger partial charge is 0.480 e. The van der Waals surface area contributed by atoms with Gasteiger partial charge in [-0.3, -0.25) is 9.59 Å². The normalized spacial score (nSPS) is 12.3. The first-order valence-electron chi connectivity index (χ1n) is 8.82. The van der Waals surface area contributed by atoms with Crippen LogP contribution >= 0.6 is 0 Å². The lowest BCUT2D eigenvalue weighted by Crippen LogP contribution is -2.52. The second kappa shape index (κ2) is 9.99. The summed E-state index contributed by atoms with van der Waals surface area (Å²) in [5.41, 5.74) is 1.54. The van der Waals surface area contributed by atoms with E-state index in [9.17, 15) is 23.9 Å². The Morgan fingerprint density at radius 2 is 1.69 bits per heavy atom. The Labute approximate surface area is 167 Å². The molecule has 3 N–H and O–H groups in total. The fourth-order valence-corrected chi connectivity index (χ4v) is 2.78. The molecule has 29 heavy (non-hydrogen) atoms. The summed E-state index contributed by atoms with van der Waals surface area (Å²) in [6.07, 6.45) is 0.00587. The number of hydrogen-bond acceptors (Lipinski definition) is 4. The van der Waals surface area contributed by atoms with Gasteiger partial charge in [-0.2, -0.15) is 5.26 Å². The Kier molecular flexibility index (Phi) is 7.43. The predicted molar refractivity (Wildman–Crippen MR) is 102 cm³/mol. The Morgan fingerprint density at radius 1 is 1.03 bits per heavy atom. The average molecular weight is 397 g/mol. The highest BCUT2D eigenvalue weighted by molar-refractivity contribution is 5.90. The van der Waals surface area contributed by atoms with Gasteiger partial charge in [-0.25, -0.2) is 9.18 Å². The first kappa shape index (κ1) is 21.6. The van der Waals surface area contributed by atoms with Gasteiger partial charge in [0.15, 0.2) is 0 Å². The Bertz CT molecular complexity index is 938. The molecule has 2 amide bonds. The fourth-order valence-electron chi connectivity index (χ4n) is 2.78. The number of benzene rings is 2. The number of nitriles is 1. The molecule has 0 aliphatic heterocycles. The van der Waals surface area contributed by atoms with Gasteiger partial charge in [0, 0.05) is 19.8 Å². The molecule has 150 valence electrons. The topological polar surface area (TPSA) is 119 Å². The molecule has 0 saturated heterocycles. The van der Waals surface area contributed by atoms with Crippen LogP contribution in [0.5, 0.6) is 0 Å². The van der Waals surface area contributed by atoms with E-state index in [1.165, 1.54) is 25.1 Å². The summed E-state index contributed by atoms with van der Waals surface area (Å²) in [6, 6.07) is 11.6. The highest BCUT2D eigenvalue weighted by Crippen LogP contribution is 2.09. The third kappa shape index (κ3) is 6.74. The van der Waals surface area contributed by atoms with Crippen LogP contribution in [0.3, 0.4) is 0 Å². The van der Waals surface area contributed by atoms with Crippen LogP contribution in [0.4, 0.5) is 4.39 Å². The van der Waals surface area contributed by atoms with Crippen molar-refractivity contribution in [3.05, 3.63) is 71.0 Å². The van der Waals surface area contributed by atoms with Crippen molar-refractivity contribution >= 4 is 17.8 Å². The minimum Gasteiger partial charge on any atom is -0.480 e. The SMILES string of the molecule is CC(=O)N[C@H](Cc1cccc(F)c1)C(=O)N[C@H](Cc1ccc(C#N)cc1)C(=O)O. The lowest BCUT2D eigenvalue weighted by molar-refractivity contribution is -0.142.